The van der Waals surface area contributed by atoms with Crippen molar-refractivity contribution in [3.63, 3.8) is 0 Å². The zero-order chi connectivity index (χ0) is 16.9. The van der Waals surface area contributed by atoms with E-state index in [9.17, 15) is 4.79 Å². The molecule has 1 fully saturated rings. The van der Waals surface area contributed by atoms with Crippen LogP contribution in [0, 0.1) is 18.8 Å². The number of aryl methyl sites for hydroxylation is 1. The zero-order valence-electron chi connectivity index (χ0n) is 14.2. The van der Waals surface area contributed by atoms with Crippen LogP contribution in [0.15, 0.2) is 48.5 Å². The molecule has 2 N–H and O–H groups in total. The first-order chi connectivity index (χ1) is 11.6. The van der Waals surface area contributed by atoms with Gasteiger partial charge in [0.15, 0.2) is 0 Å². The van der Waals surface area contributed by atoms with Crippen molar-refractivity contribution in [2.75, 3.05) is 18.4 Å². The van der Waals surface area contributed by atoms with Gasteiger partial charge < -0.3 is 15.4 Å². The molecule has 1 atom stereocenters. The van der Waals surface area contributed by atoms with Gasteiger partial charge in [0.05, 0.1) is 0 Å². The highest BCUT2D eigenvalue weighted by atomic mass is 16.5. The maximum Gasteiger partial charge on any atom is 0.227 e. The molecule has 1 unspecified atom stereocenters. The first-order valence-corrected chi connectivity index (χ1v) is 8.42. The van der Waals surface area contributed by atoms with Gasteiger partial charge in [-0.25, -0.2) is 0 Å². The molecule has 3 rings (SSSR count). The topological polar surface area (TPSA) is 50.4 Å². The van der Waals surface area contributed by atoms with Crippen LogP contribution in [0.5, 0.6) is 5.75 Å². The van der Waals surface area contributed by atoms with Gasteiger partial charge in [0.25, 0.3) is 0 Å². The number of carbonyl (C=O) groups excluding carboxylic acids is 1. The van der Waals surface area contributed by atoms with Crippen molar-refractivity contribution in [2.24, 2.45) is 11.8 Å². The molecule has 126 valence electrons. The Morgan fingerprint density at radius 2 is 2.00 bits per heavy atom. The van der Waals surface area contributed by atoms with Crippen molar-refractivity contribution in [1.29, 1.82) is 0 Å². The number of hydrogen-bond acceptors (Lipinski definition) is 3. The minimum absolute atomic E-state index is 0.0275. The minimum atomic E-state index is 0.0275. The molecule has 1 amide bonds. The second-order valence-electron chi connectivity index (χ2n) is 6.45. The first-order valence-electron chi connectivity index (χ1n) is 8.42. The summed E-state index contributed by atoms with van der Waals surface area (Å²) in [5.74, 6) is 1.37. The molecule has 2 aromatic rings. The van der Waals surface area contributed by atoms with Gasteiger partial charge >= 0.3 is 0 Å². The number of ether oxygens (including phenoxy) is 1. The molecule has 1 saturated heterocycles. The maximum atomic E-state index is 12.3. The van der Waals surface area contributed by atoms with Gasteiger partial charge in [-0.3, -0.25) is 4.79 Å². The fourth-order valence-corrected chi connectivity index (χ4v) is 2.73. The highest BCUT2D eigenvalue weighted by Gasteiger charge is 2.28. The summed E-state index contributed by atoms with van der Waals surface area (Å²) < 4.78 is 5.82. The van der Waals surface area contributed by atoms with Crippen LogP contribution in [0.4, 0.5) is 5.69 Å². The molecule has 4 heteroatoms. The molecule has 0 aromatic heterocycles. The van der Waals surface area contributed by atoms with Gasteiger partial charge in [0, 0.05) is 11.6 Å². The Hall–Kier alpha value is -2.33. The van der Waals surface area contributed by atoms with Gasteiger partial charge in [-0.2, -0.15) is 0 Å². The van der Waals surface area contributed by atoms with E-state index >= 15 is 0 Å². The zero-order valence-corrected chi connectivity index (χ0v) is 14.2. The fourth-order valence-electron chi connectivity index (χ4n) is 2.73. The quantitative estimate of drug-likeness (QED) is 0.856. The van der Waals surface area contributed by atoms with E-state index in [4.69, 9.17) is 4.74 Å². The number of benzene rings is 2. The van der Waals surface area contributed by atoms with Crippen LogP contribution in [-0.2, 0) is 11.4 Å². The molecule has 0 aliphatic carbocycles. The lowest BCUT2D eigenvalue weighted by atomic mass is 9.88. The summed E-state index contributed by atoms with van der Waals surface area (Å²) in [5.41, 5.74) is 2.99. The normalized spacial score (nSPS) is 15.4. The molecule has 4 nitrogen and oxygen atoms in total. The number of carbonyl (C=O) groups is 1. The molecule has 0 radical (unpaired) electrons. The van der Waals surface area contributed by atoms with Crippen LogP contribution in [0.3, 0.4) is 0 Å². The Bertz CT molecular complexity index is 696. The van der Waals surface area contributed by atoms with Crippen LogP contribution in [0.2, 0.25) is 0 Å². The Balaban J connectivity index is 1.58. The molecule has 0 bridgehead atoms. The van der Waals surface area contributed by atoms with Gasteiger partial charge in [-0.1, -0.05) is 37.3 Å². The highest BCUT2D eigenvalue weighted by molar-refractivity contribution is 5.93. The van der Waals surface area contributed by atoms with Crippen LogP contribution >= 0.6 is 0 Å². The number of rotatable bonds is 6. The Morgan fingerprint density at radius 1 is 1.25 bits per heavy atom. The van der Waals surface area contributed by atoms with E-state index in [0.29, 0.717) is 12.5 Å². The predicted molar refractivity (Wildman–Crippen MR) is 96.1 cm³/mol. The Labute approximate surface area is 143 Å². The third-order valence-corrected chi connectivity index (χ3v) is 4.64. The summed E-state index contributed by atoms with van der Waals surface area (Å²) in [6.07, 6.45) is 0. The standard InChI is InChI=1S/C20H24N2O2/c1-14-10-18(24-13-16-6-4-3-5-7-16)8-9-19(14)22-20(23)15(2)17-11-21-12-17/h3-10,15,17,21H,11-13H2,1-2H3,(H,22,23). The smallest absolute Gasteiger partial charge is 0.227 e. The van der Waals surface area contributed by atoms with Crippen molar-refractivity contribution in [3.8, 4) is 5.75 Å². The van der Waals surface area contributed by atoms with E-state index in [1.54, 1.807) is 0 Å². The molecule has 2 aromatic carbocycles. The van der Waals surface area contributed by atoms with Crippen molar-refractivity contribution < 1.29 is 9.53 Å². The van der Waals surface area contributed by atoms with Gasteiger partial charge in [-0.05, 0) is 55.3 Å². The van der Waals surface area contributed by atoms with Crippen molar-refractivity contribution in [2.45, 2.75) is 20.5 Å². The van der Waals surface area contributed by atoms with Crippen molar-refractivity contribution >= 4 is 11.6 Å². The molecule has 1 aliphatic heterocycles. The van der Waals surface area contributed by atoms with Crippen LogP contribution < -0.4 is 15.4 Å². The van der Waals surface area contributed by atoms with Crippen molar-refractivity contribution in [1.82, 2.24) is 5.32 Å². The van der Waals surface area contributed by atoms with Crippen LogP contribution in [0.1, 0.15) is 18.1 Å². The summed E-state index contributed by atoms with van der Waals surface area (Å²) in [7, 11) is 0. The summed E-state index contributed by atoms with van der Waals surface area (Å²) in [5, 5.41) is 6.25. The third kappa shape index (κ3) is 3.95. The summed E-state index contributed by atoms with van der Waals surface area (Å²) in [6.45, 7) is 6.38. The summed E-state index contributed by atoms with van der Waals surface area (Å²) >= 11 is 0. The van der Waals surface area contributed by atoms with E-state index in [1.807, 2.05) is 62.4 Å². The monoisotopic (exact) mass is 324 g/mol. The Morgan fingerprint density at radius 3 is 2.62 bits per heavy atom. The number of nitrogens with one attached hydrogen (secondary N) is 2. The van der Waals surface area contributed by atoms with E-state index in [-0.39, 0.29) is 11.8 Å². The lowest BCUT2D eigenvalue weighted by molar-refractivity contribution is -0.121. The molecular formula is C20H24N2O2. The highest BCUT2D eigenvalue weighted by Crippen LogP contribution is 2.24. The lowest BCUT2D eigenvalue weighted by Gasteiger charge is -2.31. The lowest BCUT2D eigenvalue weighted by Crippen LogP contribution is -2.48. The second-order valence-corrected chi connectivity index (χ2v) is 6.45. The summed E-state index contributed by atoms with van der Waals surface area (Å²) in [6, 6.07) is 15.9. The molecule has 0 spiro atoms. The van der Waals surface area contributed by atoms with E-state index < -0.39 is 0 Å². The molecule has 0 saturated carbocycles. The second kappa shape index (κ2) is 7.49. The average Bonchev–Trinajstić information content (AvgIpc) is 2.54. The van der Waals surface area contributed by atoms with Crippen LogP contribution in [-0.4, -0.2) is 19.0 Å². The number of anilines is 1. The SMILES string of the molecule is Cc1cc(OCc2ccccc2)ccc1NC(=O)C(C)C1CNC1. The first kappa shape index (κ1) is 16.5. The van der Waals surface area contributed by atoms with Gasteiger partial charge in [0.1, 0.15) is 12.4 Å². The predicted octanol–water partition coefficient (Wildman–Crippen LogP) is 3.37. The van der Waals surface area contributed by atoms with Crippen LogP contribution in [0.25, 0.3) is 0 Å². The molecule has 1 aliphatic rings. The van der Waals surface area contributed by atoms with E-state index in [0.717, 1.165) is 35.7 Å². The number of amides is 1. The largest absolute Gasteiger partial charge is 0.489 e. The third-order valence-electron chi connectivity index (χ3n) is 4.64. The molecule has 24 heavy (non-hydrogen) atoms. The van der Waals surface area contributed by atoms with E-state index in [2.05, 4.69) is 10.6 Å². The fraction of sp³-hybridized carbons (Fsp3) is 0.350. The van der Waals surface area contributed by atoms with Gasteiger partial charge in [0.2, 0.25) is 5.91 Å². The summed E-state index contributed by atoms with van der Waals surface area (Å²) in [4.78, 5) is 12.3. The average molecular weight is 324 g/mol. The molecule has 1 heterocycles. The molecular weight excluding hydrogens is 300 g/mol. The van der Waals surface area contributed by atoms with Gasteiger partial charge in [-0.15, -0.1) is 0 Å². The Kier molecular flexibility index (Phi) is 5.16. The van der Waals surface area contributed by atoms with E-state index in [1.165, 1.54) is 0 Å². The number of hydrogen-bond donors (Lipinski definition) is 2. The van der Waals surface area contributed by atoms with Crippen molar-refractivity contribution in [3.05, 3.63) is 59.7 Å². The minimum Gasteiger partial charge on any atom is -0.489 e. The maximum absolute atomic E-state index is 12.3.